The fraction of sp³-hybridized carbons (Fsp3) is 0.667. The lowest BCUT2D eigenvalue weighted by Crippen LogP contribution is -2.27. The van der Waals surface area contributed by atoms with E-state index in [1.54, 1.807) is 6.66 Å². The number of hydrogen-bond donors (Lipinski definition) is 2. The third-order valence-electron chi connectivity index (χ3n) is 1.80. The van der Waals surface area contributed by atoms with E-state index < -0.39 is 0 Å². The maximum absolute atomic E-state index is 11.1. The van der Waals surface area contributed by atoms with Crippen LogP contribution in [0.15, 0.2) is 0 Å². The molecule has 1 atom stereocenters. The summed E-state index contributed by atoms with van der Waals surface area (Å²) in [7, 11) is 0.215. The van der Waals surface area contributed by atoms with Crippen molar-refractivity contribution in [1.82, 2.24) is 5.32 Å². The van der Waals surface area contributed by atoms with Crippen molar-refractivity contribution < 1.29 is 14.4 Å². The number of amides is 2. The lowest BCUT2D eigenvalue weighted by molar-refractivity contribution is -0.123. The SMILES string of the molecule is CPC(=O)CNC(=O)CCCCC(N)=O. The van der Waals surface area contributed by atoms with Gasteiger partial charge in [0.25, 0.3) is 0 Å². The summed E-state index contributed by atoms with van der Waals surface area (Å²) in [4.78, 5) is 32.4. The highest BCUT2D eigenvalue weighted by atomic mass is 31.1. The quantitative estimate of drug-likeness (QED) is 0.455. The Hall–Kier alpha value is -0.960. The molecule has 15 heavy (non-hydrogen) atoms. The summed E-state index contributed by atoms with van der Waals surface area (Å²) in [5.74, 6) is -0.496. The molecule has 0 aliphatic rings. The van der Waals surface area contributed by atoms with Crippen LogP contribution in [0.3, 0.4) is 0 Å². The summed E-state index contributed by atoms with van der Waals surface area (Å²) in [5.41, 5.74) is 4.98. The maximum atomic E-state index is 11.1. The van der Waals surface area contributed by atoms with Crippen LogP contribution in [0.4, 0.5) is 0 Å². The third kappa shape index (κ3) is 9.35. The Morgan fingerprint density at radius 3 is 2.33 bits per heavy atom. The van der Waals surface area contributed by atoms with E-state index in [0.717, 1.165) is 0 Å². The van der Waals surface area contributed by atoms with Crippen molar-refractivity contribution in [2.24, 2.45) is 5.73 Å². The van der Waals surface area contributed by atoms with Crippen molar-refractivity contribution in [2.75, 3.05) is 13.2 Å². The van der Waals surface area contributed by atoms with Crippen molar-refractivity contribution >= 4 is 25.9 Å². The summed E-state index contributed by atoms with van der Waals surface area (Å²) in [6.07, 6.45) is 1.89. The predicted octanol–water partition coefficient (Wildman–Crippen LogP) is -0.0168. The molecule has 0 aromatic carbocycles. The molecule has 0 aromatic heterocycles. The molecule has 0 spiro atoms. The number of nitrogens with one attached hydrogen (secondary N) is 1. The van der Waals surface area contributed by atoms with Gasteiger partial charge in [0.15, 0.2) is 5.52 Å². The molecule has 1 unspecified atom stereocenters. The van der Waals surface area contributed by atoms with Gasteiger partial charge in [0.2, 0.25) is 11.8 Å². The van der Waals surface area contributed by atoms with Crippen LogP contribution in [-0.2, 0) is 14.4 Å². The molecule has 0 heterocycles. The van der Waals surface area contributed by atoms with Crippen molar-refractivity contribution in [2.45, 2.75) is 25.7 Å². The number of nitrogens with two attached hydrogens (primary N) is 1. The Bertz CT molecular complexity index is 244. The first kappa shape index (κ1) is 14.0. The number of primary amides is 1. The van der Waals surface area contributed by atoms with Crippen LogP contribution in [0.25, 0.3) is 0 Å². The summed E-state index contributed by atoms with van der Waals surface area (Å²) in [6.45, 7) is 1.89. The normalized spacial score (nSPS) is 10.5. The van der Waals surface area contributed by atoms with E-state index in [-0.39, 0.29) is 32.5 Å². The number of carbonyl (C=O) groups excluding carboxylic acids is 3. The molecule has 0 saturated carbocycles. The van der Waals surface area contributed by atoms with Gasteiger partial charge in [-0.05, 0) is 19.5 Å². The van der Waals surface area contributed by atoms with Crippen LogP contribution < -0.4 is 11.1 Å². The van der Waals surface area contributed by atoms with Crippen LogP contribution in [0.1, 0.15) is 25.7 Å². The smallest absolute Gasteiger partial charge is 0.220 e. The highest BCUT2D eigenvalue weighted by Gasteiger charge is 2.04. The van der Waals surface area contributed by atoms with Gasteiger partial charge in [0, 0.05) is 12.8 Å². The fourth-order valence-electron chi connectivity index (χ4n) is 0.940. The predicted molar refractivity (Wildman–Crippen MR) is 59.9 cm³/mol. The van der Waals surface area contributed by atoms with E-state index in [0.29, 0.717) is 25.7 Å². The zero-order valence-corrected chi connectivity index (χ0v) is 9.84. The van der Waals surface area contributed by atoms with Crippen LogP contribution in [0, 0.1) is 0 Å². The van der Waals surface area contributed by atoms with Crippen molar-refractivity contribution in [1.29, 1.82) is 0 Å². The lowest BCUT2D eigenvalue weighted by atomic mass is 10.2. The van der Waals surface area contributed by atoms with E-state index in [4.69, 9.17) is 5.73 Å². The van der Waals surface area contributed by atoms with Crippen molar-refractivity contribution in [3.63, 3.8) is 0 Å². The minimum Gasteiger partial charge on any atom is -0.370 e. The Kier molecular flexibility index (Phi) is 7.82. The summed E-state index contributed by atoms with van der Waals surface area (Å²) < 4.78 is 0. The monoisotopic (exact) mass is 232 g/mol. The molecule has 0 fully saturated rings. The largest absolute Gasteiger partial charge is 0.370 e. The molecule has 5 nitrogen and oxygen atoms in total. The van der Waals surface area contributed by atoms with Crippen molar-refractivity contribution in [3.8, 4) is 0 Å². The Morgan fingerprint density at radius 1 is 1.20 bits per heavy atom. The van der Waals surface area contributed by atoms with E-state index >= 15 is 0 Å². The molecule has 0 aliphatic heterocycles. The number of hydrogen-bond acceptors (Lipinski definition) is 3. The van der Waals surface area contributed by atoms with E-state index in [1.165, 1.54) is 0 Å². The third-order valence-corrected chi connectivity index (χ3v) is 2.54. The van der Waals surface area contributed by atoms with Gasteiger partial charge in [-0.2, -0.15) is 0 Å². The van der Waals surface area contributed by atoms with Crippen LogP contribution >= 0.6 is 8.58 Å². The molecule has 0 aliphatic carbocycles. The first-order valence-electron chi connectivity index (χ1n) is 4.82. The number of carbonyl (C=O) groups is 3. The average molecular weight is 232 g/mol. The number of rotatable bonds is 8. The zero-order chi connectivity index (χ0) is 11.7. The molecule has 0 aromatic rings. The second-order valence-corrected chi connectivity index (χ2v) is 4.18. The van der Waals surface area contributed by atoms with Crippen LogP contribution in [0.2, 0.25) is 0 Å². The van der Waals surface area contributed by atoms with Gasteiger partial charge in [-0.1, -0.05) is 8.58 Å². The van der Waals surface area contributed by atoms with Crippen molar-refractivity contribution in [3.05, 3.63) is 0 Å². The van der Waals surface area contributed by atoms with Gasteiger partial charge < -0.3 is 11.1 Å². The lowest BCUT2D eigenvalue weighted by Gasteiger charge is -2.02. The standard InChI is InChI=1S/C9H17N2O3P/c1-15-9(14)6-11-8(13)5-3-2-4-7(10)12/h15H,2-6H2,1H3,(H2,10,12)(H,11,13). The highest BCUT2D eigenvalue weighted by molar-refractivity contribution is 7.57. The van der Waals surface area contributed by atoms with Gasteiger partial charge in [0.05, 0.1) is 6.54 Å². The van der Waals surface area contributed by atoms with E-state index in [2.05, 4.69) is 5.32 Å². The first-order chi connectivity index (χ1) is 7.06. The molecule has 0 bridgehead atoms. The first-order valence-corrected chi connectivity index (χ1v) is 6.32. The minimum absolute atomic E-state index is 0.0421. The molecule has 0 rings (SSSR count). The van der Waals surface area contributed by atoms with E-state index in [1.807, 2.05) is 0 Å². The molecular formula is C9H17N2O3P. The van der Waals surface area contributed by atoms with Gasteiger partial charge in [0.1, 0.15) is 0 Å². The summed E-state index contributed by atoms with van der Waals surface area (Å²) >= 11 is 0. The molecule has 0 saturated heterocycles. The molecule has 6 heteroatoms. The van der Waals surface area contributed by atoms with Gasteiger partial charge in [-0.25, -0.2) is 0 Å². The highest BCUT2D eigenvalue weighted by Crippen LogP contribution is 2.02. The molecule has 3 N–H and O–H groups in total. The molecule has 2 amide bonds. The molecule has 86 valence electrons. The average Bonchev–Trinajstić information content (AvgIpc) is 2.20. The summed E-state index contributed by atoms with van der Waals surface area (Å²) in [5, 5.41) is 2.52. The Balaban J connectivity index is 3.41. The Morgan fingerprint density at radius 2 is 1.80 bits per heavy atom. The summed E-state index contributed by atoms with van der Waals surface area (Å²) in [6, 6.07) is 0. The number of unbranched alkanes of at least 4 members (excludes halogenated alkanes) is 1. The topological polar surface area (TPSA) is 89.3 Å². The van der Waals surface area contributed by atoms with Crippen LogP contribution in [-0.4, -0.2) is 30.5 Å². The van der Waals surface area contributed by atoms with Gasteiger partial charge >= 0.3 is 0 Å². The second-order valence-electron chi connectivity index (χ2n) is 3.12. The molecule has 0 radical (unpaired) electrons. The van der Waals surface area contributed by atoms with Gasteiger partial charge in [-0.3, -0.25) is 14.4 Å². The fourth-order valence-corrected chi connectivity index (χ4v) is 1.21. The van der Waals surface area contributed by atoms with Gasteiger partial charge in [-0.15, -0.1) is 0 Å². The minimum atomic E-state index is -0.349. The van der Waals surface area contributed by atoms with E-state index in [9.17, 15) is 14.4 Å². The van der Waals surface area contributed by atoms with Crippen LogP contribution in [0.5, 0.6) is 0 Å². The Labute approximate surface area is 90.9 Å². The second kappa shape index (κ2) is 8.36. The maximum Gasteiger partial charge on any atom is 0.220 e. The zero-order valence-electron chi connectivity index (χ0n) is 8.84. The molecular weight excluding hydrogens is 215 g/mol.